The van der Waals surface area contributed by atoms with Gasteiger partial charge in [-0.25, -0.2) is 0 Å². The van der Waals surface area contributed by atoms with E-state index in [4.69, 9.17) is 9.47 Å². The predicted octanol–water partition coefficient (Wildman–Crippen LogP) is 2.69. The number of rotatable bonds is 5. The average Bonchev–Trinajstić information content (AvgIpc) is 2.68. The molecule has 8 nitrogen and oxygen atoms in total. The molecular weight excluding hydrogens is 338 g/mol. The van der Waals surface area contributed by atoms with Crippen molar-refractivity contribution in [1.82, 2.24) is 0 Å². The van der Waals surface area contributed by atoms with Crippen molar-refractivity contribution in [3.05, 3.63) is 58.1 Å². The number of ether oxygens (including phenoxy) is 2. The van der Waals surface area contributed by atoms with Crippen LogP contribution < -0.4 is 15.0 Å². The molecule has 1 aliphatic rings. The number of nitrogens with one attached hydrogen (secondary N) is 1. The summed E-state index contributed by atoms with van der Waals surface area (Å²) < 4.78 is 10.4. The van der Waals surface area contributed by atoms with Gasteiger partial charge in [-0.2, -0.15) is 0 Å². The smallest absolute Gasteiger partial charge is 0.271 e. The Morgan fingerprint density at radius 1 is 1.19 bits per heavy atom. The second kappa shape index (κ2) is 7.83. The number of amides is 1. The van der Waals surface area contributed by atoms with E-state index in [-0.39, 0.29) is 11.6 Å². The topological polar surface area (TPSA) is 93.9 Å². The Kier molecular flexibility index (Phi) is 5.33. The number of methoxy groups -OCH3 is 1. The Hall–Kier alpha value is -3.13. The van der Waals surface area contributed by atoms with Gasteiger partial charge in [0.2, 0.25) is 0 Å². The molecule has 0 spiro atoms. The molecule has 8 heteroatoms. The summed E-state index contributed by atoms with van der Waals surface area (Å²) in [5.41, 5.74) is 1.50. The third kappa shape index (κ3) is 3.92. The second-order valence-corrected chi connectivity index (χ2v) is 5.74. The number of morpholine rings is 1. The first kappa shape index (κ1) is 17.7. The maximum Gasteiger partial charge on any atom is 0.271 e. The van der Waals surface area contributed by atoms with Crippen molar-refractivity contribution in [2.45, 2.75) is 0 Å². The molecule has 1 aliphatic heterocycles. The van der Waals surface area contributed by atoms with Crippen LogP contribution in [-0.2, 0) is 4.74 Å². The molecule has 1 saturated heterocycles. The van der Waals surface area contributed by atoms with Gasteiger partial charge in [0.25, 0.3) is 11.6 Å². The van der Waals surface area contributed by atoms with E-state index in [2.05, 4.69) is 5.32 Å². The van der Waals surface area contributed by atoms with Crippen LogP contribution in [0.25, 0.3) is 0 Å². The molecule has 0 aliphatic carbocycles. The minimum Gasteiger partial charge on any atom is -0.497 e. The van der Waals surface area contributed by atoms with Crippen molar-refractivity contribution in [3.63, 3.8) is 0 Å². The third-order valence-electron chi connectivity index (χ3n) is 4.14. The number of hydrogen-bond donors (Lipinski definition) is 1. The number of nitro groups is 1. The van der Waals surface area contributed by atoms with E-state index in [1.54, 1.807) is 37.4 Å². The molecule has 1 heterocycles. The largest absolute Gasteiger partial charge is 0.497 e. The molecule has 1 amide bonds. The Morgan fingerprint density at radius 3 is 2.50 bits per heavy atom. The molecule has 26 heavy (non-hydrogen) atoms. The van der Waals surface area contributed by atoms with Crippen molar-refractivity contribution < 1.29 is 19.2 Å². The van der Waals surface area contributed by atoms with E-state index in [1.165, 1.54) is 12.1 Å². The summed E-state index contributed by atoms with van der Waals surface area (Å²) in [5.74, 6) is 0.300. The highest BCUT2D eigenvalue weighted by molar-refractivity contribution is 6.06. The van der Waals surface area contributed by atoms with E-state index in [9.17, 15) is 14.9 Å². The molecule has 2 aromatic carbocycles. The lowest BCUT2D eigenvalue weighted by molar-refractivity contribution is -0.384. The molecule has 1 fully saturated rings. The van der Waals surface area contributed by atoms with Gasteiger partial charge < -0.3 is 19.7 Å². The summed E-state index contributed by atoms with van der Waals surface area (Å²) in [5, 5.41) is 13.9. The van der Waals surface area contributed by atoms with Crippen molar-refractivity contribution in [3.8, 4) is 5.75 Å². The lowest BCUT2D eigenvalue weighted by Crippen LogP contribution is -2.36. The Bertz CT molecular complexity index is 801. The van der Waals surface area contributed by atoms with E-state index in [0.29, 0.717) is 43.3 Å². The number of hydrogen-bond acceptors (Lipinski definition) is 6. The van der Waals surface area contributed by atoms with Crippen LogP contribution in [0.2, 0.25) is 0 Å². The van der Waals surface area contributed by atoms with Gasteiger partial charge in [-0.05, 0) is 30.3 Å². The lowest BCUT2D eigenvalue weighted by Gasteiger charge is -2.30. The number of non-ortho nitro benzene ring substituents is 1. The maximum atomic E-state index is 12.6. The fourth-order valence-corrected chi connectivity index (χ4v) is 2.75. The minimum absolute atomic E-state index is 0.0768. The van der Waals surface area contributed by atoms with Crippen LogP contribution in [0.5, 0.6) is 5.75 Å². The predicted molar refractivity (Wildman–Crippen MR) is 97.1 cm³/mol. The summed E-state index contributed by atoms with van der Waals surface area (Å²) in [6, 6.07) is 11.1. The van der Waals surface area contributed by atoms with Crippen molar-refractivity contribution in [1.29, 1.82) is 0 Å². The number of nitrogens with zero attached hydrogens (tertiary/aromatic N) is 2. The van der Waals surface area contributed by atoms with Crippen LogP contribution in [0.3, 0.4) is 0 Å². The van der Waals surface area contributed by atoms with Crippen molar-refractivity contribution >= 4 is 23.0 Å². The van der Waals surface area contributed by atoms with Crippen molar-refractivity contribution in [2.75, 3.05) is 43.6 Å². The second-order valence-electron chi connectivity index (χ2n) is 5.74. The average molecular weight is 357 g/mol. The molecule has 0 radical (unpaired) electrons. The van der Waals surface area contributed by atoms with Crippen LogP contribution in [-0.4, -0.2) is 44.2 Å². The number of carbonyl (C=O) groups is 1. The number of nitro benzene ring substituents is 1. The van der Waals surface area contributed by atoms with Crippen LogP contribution in [0, 0.1) is 10.1 Å². The summed E-state index contributed by atoms with van der Waals surface area (Å²) in [4.78, 5) is 25.2. The number of anilines is 2. The first-order chi connectivity index (χ1) is 12.6. The zero-order valence-electron chi connectivity index (χ0n) is 14.3. The fourth-order valence-electron chi connectivity index (χ4n) is 2.75. The number of carbonyl (C=O) groups excluding carboxylic acids is 1. The SMILES string of the molecule is COc1ccc(C(=O)Nc2cc([N+](=O)[O-])ccc2N2CCOCC2)cc1. The summed E-state index contributed by atoms with van der Waals surface area (Å²) in [7, 11) is 1.55. The molecule has 0 saturated carbocycles. The number of benzene rings is 2. The molecule has 1 N–H and O–H groups in total. The molecule has 0 aromatic heterocycles. The highest BCUT2D eigenvalue weighted by Gasteiger charge is 2.19. The monoisotopic (exact) mass is 357 g/mol. The van der Waals surface area contributed by atoms with Gasteiger partial charge in [0, 0.05) is 30.8 Å². The van der Waals surface area contributed by atoms with E-state index >= 15 is 0 Å². The molecule has 2 aromatic rings. The lowest BCUT2D eigenvalue weighted by atomic mass is 10.1. The molecule has 3 rings (SSSR count). The Morgan fingerprint density at radius 2 is 1.88 bits per heavy atom. The minimum atomic E-state index is -0.480. The van der Waals surface area contributed by atoms with Gasteiger partial charge in [0.1, 0.15) is 5.75 Å². The zero-order chi connectivity index (χ0) is 18.5. The molecular formula is C18H19N3O5. The zero-order valence-corrected chi connectivity index (χ0v) is 14.3. The fraction of sp³-hybridized carbons (Fsp3) is 0.278. The summed E-state index contributed by atoms with van der Waals surface area (Å²) in [6.45, 7) is 2.46. The van der Waals surface area contributed by atoms with Crippen molar-refractivity contribution in [2.24, 2.45) is 0 Å². The van der Waals surface area contributed by atoms with Gasteiger partial charge in [-0.3, -0.25) is 14.9 Å². The van der Waals surface area contributed by atoms with E-state index in [0.717, 1.165) is 5.69 Å². The first-order valence-electron chi connectivity index (χ1n) is 8.15. The summed E-state index contributed by atoms with van der Waals surface area (Å²) in [6.07, 6.45) is 0. The van der Waals surface area contributed by atoms with Gasteiger partial charge in [-0.15, -0.1) is 0 Å². The molecule has 0 atom stereocenters. The summed E-state index contributed by atoms with van der Waals surface area (Å²) >= 11 is 0. The van der Waals surface area contributed by atoms with E-state index < -0.39 is 4.92 Å². The van der Waals surface area contributed by atoms with Crippen LogP contribution in [0.15, 0.2) is 42.5 Å². The molecule has 0 unspecified atom stereocenters. The van der Waals surface area contributed by atoms with Gasteiger partial charge in [0.15, 0.2) is 0 Å². The Labute approximate surface area is 150 Å². The quantitative estimate of drug-likeness (QED) is 0.653. The first-order valence-corrected chi connectivity index (χ1v) is 8.15. The highest BCUT2D eigenvalue weighted by Crippen LogP contribution is 2.31. The van der Waals surface area contributed by atoms with Gasteiger partial charge in [0.05, 0.1) is 36.6 Å². The molecule has 136 valence electrons. The van der Waals surface area contributed by atoms with Crippen LogP contribution in [0.1, 0.15) is 10.4 Å². The molecule has 0 bridgehead atoms. The standard InChI is InChI=1S/C18H19N3O5/c1-25-15-5-2-13(3-6-15)18(22)19-16-12-14(21(23)24)4-7-17(16)20-8-10-26-11-9-20/h2-7,12H,8-11H2,1H3,(H,19,22). The van der Waals surface area contributed by atoms with Crippen LogP contribution in [0.4, 0.5) is 17.1 Å². The highest BCUT2D eigenvalue weighted by atomic mass is 16.6. The van der Waals surface area contributed by atoms with E-state index in [1.807, 2.05) is 4.90 Å². The third-order valence-corrected chi connectivity index (χ3v) is 4.14. The maximum absolute atomic E-state index is 12.6. The van der Waals surface area contributed by atoms with Gasteiger partial charge in [-0.1, -0.05) is 0 Å². The van der Waals surface area contributed by atoms with Crippen LogP contribution >= 0.6 is 0 Å². The normalized spacial score (nSPS) is 14.0. The Balaban J connectivity index is 1.88. The van der Waals surface area contributed by atoms with Gasteiger partial charge >= 0.3 is 0 Å².